The molecule has 5 heteroatoms. The third-order valence-corrected chi connectivity index (χ3v) is 4.99. The molecule has 0 amide bonds. The monoisotopic (exact) mass is 441 g/mol. The molecule has 15 heavy (non-hydrogen) atoms. The Bertz CT molecular complexity index is 184. The molecule has 0 aliphatic rings. The molecule has 0 fully saturated rings. The van der Waals surface area contributed by atoms with E-state index in [-0.39, 0.29) is 17.7 Å². The van der Waals surface area contributed by atoms with E-state index in [0.29, 0.717) is 6.42 Å². The number of rotatable bonds is 7. The molecule has 1 N–H and O–H groups in total. The number of aliphatic hydroxyl groups excluding tert-OH is 1. The van der Waals surface area contributed by atoms with Crippen molar-refractivity contribution < 1.29 is 9.84 Å². The first kappa shape index (κ1) is 16.3. The van der Waals surface area contributed by atoms with Crippen LogP contribution in [0.25, 0.3) is 0 Å². The third kappa shape index (κ3) is 7.30. The fourth-order valence-corrected chi connectivity index (χ4v) is 1.49. The van der Waals surface area contributed by atoms with Crippen LogP contribution >= 0.6 is 45.7 Å². The van der Waals surface area contributed by atoms with E-state index >= 15 is 0 Å². The predicted octanol–water partition coefficient (Wildman–Crippen LogP) is 3.33. The fraction of sp³-hybridized carbons (Fsp3) is 1.00. The lowest BCUT2D eigenvalue weighted by atomic mass is 10.0. The van der Waals surface area contributed by atoms with Gasteiger partial charge in [0.15, 0.2) is 0 Å². The Balaban J connectivity index is 3.88. The van der Waals surface area contributed by atoms with Gasteiger partial charge in [0.25, 0.3) is 0 Å². The van der Waals surface area contributed by atoms with Crippen molar-refractivity contribution in [1.82, 2.24) is 1.33 Å². The lowest BCUT2D eigenvalue weighted by Gasteiger charge is -2.31. The molecule has 0 saturated heterocycles. The normalized spacial score (nSPS) is 13.6. The van der Waals surface area contributed by atoms with Gasteiger partial charge in [-0.05, 0) is 40.5 Å². The second kappa shape index (κ2) is 6.93. The van der Waals surface area contributed by atoms with Gasteiger partial charge in [0.1, 0.15) is 0 Å². The zero-order chi connectivity index (χ0) is 12.1. The molecule has 92 valence electrons. The lowest BCUT2D eigenvalue weighted by molar-refractivity contribution is -0.0393. The SMILES string of the molecule is CC(C)(CCO)OCCC(C)(C)N(I)I. The number of halogens is 2. The van der Waals surface area contributed by atoms with Crippen molar-refractivity contribution in [2.45, 2.75) is 51.7 Å². The van der Waals surface area contributed by atoms with Gasteiger partial charge in [-0.3, -0.25) is 0 Å². The molecular weight excluding hydrogens is 420 g/mol. The summed E-state index contributed by atoms with van der Waals surface area (Å²) in [4.78, 5) is 0. The van der Waals surface area contributed by atoms with Crippen molar-refractivity contribution in [1.29, 1.82) is 0 Å². The fourth-order valence-electron chi connectivity index (χ4n) is 1.00. The summed E-state index contributed by atoms with van der Waals surface area (Å²) in [7, 11) is 0. The van der Waals surface area contributed by atoms with Crippen LogP contribution in [0.5, 0.6) is 0 Å². The van der Waals surface area contributed by atoms with Crippen LogP contribution in [0.3, 0.4) is 0 Å². The highest BCUT2D eigenvalue weighted by atomic mass is 127. The van der Waals surface area contributed by atoms with E-state index < -0.39 is 0 Å². The number of hydrogen-bond acceptors (Lipinski definition) is 3. The smallest absolute Gasteiger partial charge is 0.0648 e. The Kier molecular flexibility index (Phi) is 7.55. The van der Waals surface area contributed by atoms with Crippen molar-refractivity contribution in [3.8, 4) is 0 Å². The Morgan fingerprint density at radius 2 is 1.67 bits per heavy atom. The first-order chi connectivity index (χ1) is 6.71. The molecule has 0 aliphatic heterocycles. The van der Waals surface area contributed by atoms with Crippen LogP contribution in [-0.2, 0) is 4.74 Å². The molecular formula is C10H21I2NO2. The van der Waals surface area contributed by atoms with E-state index in [1.165, 1.54) is 0 Å². The minimum atomic E-state index is -0.216. The highest BCUT2D eigenvalue weighted by molar-refractivity contribution is 14.2. The third-order valence-electron chi connectivity index (χ3n) is 2.38. The number of ether oxygens (including phenoxy) is 1. The lowest BCUT2D eigenvalue weighted by Crippen LogP contribution is -2.34. The summed E-state index contributed by atoms with van der Waals surface area (Å²) in [6.45, 7) is 9.32. The minimum absolute atomic E-state index is 0.135. The maximum absolute atomic E-state index is 8.86. The molecule has 0 aromatic rings. The second-order valence-corrected chi connectivity index (χ2v) is 8.65. The van der Waals surface area contributed by atoms with Crippen LogP contribution in [0.15, 0.2) is 0 Å². The van der Waals surface area contributed by atoms with Crippen LogP contribution in [0.1, 0.15) is 40.5 Å². The van der Waals surface area contributed by atoms with Gasteiger partial charge in [-0.1, -0.05) is 0 Å². The molecule has 0 saturated carbocycles. The highest BCUT2D eigenvalue weighted by Gasteiger charge is 2.25. The summed E-state index contributed by atoms with van der Waals surface area (Å²) in [5.74, 6) is 0. The van der Waals surface area contributed by atoms with E-state index in [9.17, 15) is 0 Å². The van der Waals surface area contributed by atoms with Gasteiger partial charge >= 0.3 is 0 Å². The Morgan fingerprint density at radius 3 is 2.07 bits per heavy atom. The van der Waals surface area contributed by atoms with E-state index in [1.54, 1.807) is 0 Å². The van der Waals surface area contributed by atoms with E-state index in [1.807, 2.05) is 13.8 Å². The molecule has 0 unspecified atom stereocenters. The van der Waals surface area contributed by atoms with Gasteiger partial charge in [0, 0.05) is 64.5 Å². The molecule has 0 radical (unpaired) electrons. The summed E-state index contributed by atoms with van der Waals surface area (Å²) >= 11 is 4.57. The molecule has 0 heterocycles. The van der Waals surface area contributed by atoms with E-state index in [4.69, 9.17) is 9.84 Å². The van der Waals surface area contributed by atoms with Gasteiger partial charge in [-0.15, -0.1) is 0 Å². The Hall–Kier alpha value is 1.34. The first-order valence-electron chi connectivity index (χ1n) is 5.08. The zero-order valence-electron chi connectivity index (χ0n) is 9.89. The Morgan fingerprint density at radius 1 is 1.13 bits per heavy atom. The summed E-state index contributed by atoms with van der Waals surface area (Å²) in [5, 5.41) is 8.86. The molecule has 3 nitrogen and oxygen atoms in total. The van der Waals surface area contributed by atoms with E-state index in [2.05, 4.69) is 60.9 Å². The topological polar surface area (TPSA) is 32.7 Å². The average molecular weight is 441 g/mol. The highest BCUT2D eigenvalue weighted by Crippen LogP contribution is 2.28. The summed E-state index contributed by atoms with van der Waals surface area (Å²) in [5.41, 5.74) is -0.0807. The van der Waals surface area contributed by atoms with Gasteiger partial charge in [0.05, 0.1) is 5.60 Å². The maximum Gasteiger partial charge on any atom is 0.0648 e. The van der Waals surface area contributed by atoms with Gasteiger partial charge < -0.3 is 9.84 Å². The molecule has 0 aliphatic carbocycles. The quantitative estimate of drug-likeness (QED) is 0.486. The van der Waals surface area contributed by atoms with Crippen molar-refractivity contribution >= 4 is 45.7 Å². The van der Waals surface area contributed by atoms with Gasteiger partial charge in [-0.25, -0.2) is 0 Å². The summed E-state index contributed by atoms with van der Waals surface area (Å²) < 4.78 is 7.91. The summed E-state index contributed by atoms with van der Waals surface area (Å²) in [6.07, 6.45) is 1.67. The van der Waals surface area contributed by atoms with E-state index in [0.717, 1.165) is 13.0 Å². The van der Waals surface area contributed by atoms with Crippen LogP contribution in [0.4, 0.5) is 0 Å². The first-order valence-corrected chi connectivity index (χ1v) is 7.01. The number of hydrogen-bond donors (Lipinski definition) is 1. The van der Waals surface area contributed by atoms with Crippen molar-refractivity contribution in [2.75, 3.05) is 13.2 Å². The standard InChI is InChI=1S/C10H21I2NO2/c1-9(2,13(11)12)6-8-15-10(3,4)5-7-14/h14H,5-8H2,1-4H3. The molecule has 0 bridgehead atoms. The van der Waals surface area contributed by atoms with Gasteiger partial charge in [-0.2, -0.15) is 1.33 Å². The average Bonchev–Trinajstić information content (AvgIpc) is 2.02. The van der Waals surface area contributed by atoms with Crippen molar-refractivity contribution in [3.63, 3.8) is 0 Å². The summed E-state index contributed by atoms with van der Waals surface area (Å²) in [6, 6.07) is 0. The van der Waals surface area contributed by atoms with Crippen LogP contribution in [0, 0.1) is 0 Å². The number of aliphatic hydroxyl groups is 1. The second-order valence-electron chi connectivity index (χ2n) is 4.88. The van der Waals surface area contributed by atoms with Crippen LogP contribution < -0.4 is 0 Å². The largest absolute Gasteiger partial charge is 0.396 e. The molecule has 0 aromatic heterocycles. The Labute approximate surface area is 121 Å². The van der Waals surface area contributed by atoms with Crippen molar-refractivity contribution in [2.24, 2.45) is 0 Å². The molecule has 0 rings (SSSR count). The van der Waals surface area contributed by atoms with Crippen LogP contribution in [0.2, 0.25) is 0 Å². The zero-order valence-corrected chi connectivity index (χ0v) is 14.2. The predicted molar refractivity (Wildman–Crippen MR) is 80.3 cm³/mol. The maximum atomic E-state index is 8.86. The van der Waals surface area contributed by atoms with Crippen molar-refractivity contribution in [3.05, 3.63) is 0 Å². The molecule has 0 atom stereocenters. The van der Waals surface area contributed by atoms with Gasteiger partial charge in [0.2, 0.25) is 0 Å². The minimum Gasteiger partial charge on any atom is -0.396 e. The number of nitrogens with zero attached hydrogens (tertiary/aromatic N) is 1. The molecule has 0 spiro atoms. The van der Waals surface area contributed by atoms with Crippen LogP contribution in [-0.4, -0.2) is 30.8 Å². The molecule has 0 aromatic carbocycles.